The summed E-state index contributed by atoms with van der Waals surface area (Å²) in [5, 5.41) is 18.8. The van der Waals surface area contributed by atoms with Crippen LogP contribution in [-0.4, -0.2) is 20.1 Å². The monoisotopic (exact) mass is 253 g/mol. The van der Waals surface area contributed by atoms with Gasteiger partial charge in [0, 0.05) is 0 Å². The van der Waals surface area contributed by atoms with Gasteiger partial charge in [0.2, 0.25) is 0 Å². The molecule has 0 saturated heterocycles. The number of nitrogens with zero attached hydrogens (tertiary/aromatic N) is 3. The minimum atomic E-state index is 0.180. The van der Waals surface area contributed by atoms with E-state index in [0.29, 0.717) is 5.69 Å². The Morgan fingerprint density at radius 3 is 2.05 bits per heavy atom. The molecule has 0 radical (unpaired) electrons. The Labute approximate surface area is 111 Å². The summed E-state index contributed by atoms with van der Waals surface area (Å²) in [6, 6.07) is 9.42. The maximum absolute atomic E-state index is 9.92. The molecular formula is C15H15N3O. The van der Waals surface area contributed by atoms with E-state index < -0.39 is 0 Å². The normalized spacial score (nSPS) is 11.1. The van der Waals surface area contributed by atoms with E-state index in [0.717, 1.165) is 16.6 Å². The van der Waals surface area contributed by atoms with E-state index in [1.807, 2.05) is 31.2 Å². The predicted molar refractivity (Wildman–Crippen MR) is 74.7 cm³/mol. The van der Waals surface area contributed by atoms with E-state index >= 15 is 0 Å². The van der Waals surface area contributed by atoms with Crippen molar-refractivity contribution < 1.29 is 5.11 Å². The first-order valence-corrected chi connectivity index (χ1v) is 6.19. The van der Waals surface area contributed by atoms with Crippen LogP contribution in [-0.2, 0) is 0 Å². The molecular weight excluding hydrogens is 238 g/mol. The molecule has 0 aliphatic heterocycles. The number of hydrogen-bond acceptors (Lipinski definition) is 3. The van der Waals surface area contributed by atoms with E-state index in [9.17, 15) is 5.11 Å². The fraction of sp³-hybridized carbons (Fsp3) is 0.200. The van der Waals surface area contributed by atoms with Gasteiger partial charge in [0.15, 0.2) is 0 Å². The van der Waals surface area contributed by atoms with Crippen molar-refractivity contribution in [2.75, 3.05) is 0 Å². The number of aryl methyl sites for hydroxylation is 3. The molecule has 4 heteroatoms. The Bertz CT molecular complexity index is 735. The number of phenols is 1. The molecule has 2 aromatic carbocycles. The van der Waals surface area contributed by atoms with Crippen LogP contribution in [0.2, 0.25) is 0 Å². The van der Waals surface area contributed by atoms with Crippen molar-refractivity contribution in [1.82, 2.24) is 15.0 Å². The third-order valence-corrected chi connectivity index (χ3v) is 3.34. The second-order valence-corrected chi connectivity index (χ2v) is 4.91. The fourth-order valence-corrected chi connectivity index (χ4v) is 2.07. The number of hydrogen-bond donors (Lipinski definition) is 1. The average molecular weight is 253 g/mol. The third-order valence-electron chi connectivity index (χ3n) is 3.34. The van der Waals surface area contributed by atoms with E-state index in [1.165, 1.54) is 15.9 Å². The number of benzene rings is 2. The third kappa shape index (κ3) is 1.95. The molecule has 0 aliphatic rings. The van der Waals surface area contributed by atoms with Gasteiger partial charge in [-0.15, -0.1) is 15.0 Å². The van der Waals surface area contributed by atoms with Crippen LogP contribution in [0.25, 0.3) is 16.7 Å². The fourth-order valence-electron chi connectivity index (χ4n) is 2.07. The Balaban J connectivity index is 2.23. The van der Waals surface area contributed by atoms with Gasteiger partial charge < -0.3 is 5.11 Å². The summed E-state index contributed by atoms with van der Waals surface area (Å²) in [4.78, 5) is 1.49. The largest absolute Gasteiger partial charge is 0.506 e. The number of rotatable bonds is 1. The SMILES string of the molecule is Cc1ccc(O)c(-n2nc3cc(C)c(C)cc3n2)c1. The Morgan fingerprint density at radius 1 is 0.895 bits per heavy atom. The van der Waals surface area contributed by atoms with Crippen molar-refractivity contribution in [3.05, 3.63) is 47.0 Å². The summed E-state index contributed by atoms with van der Waals surface area (Å²) in [7, 11) is 0. The zero-order valence-electron chi connectivity index (χ0n) is 11.2. The number of fused-ring (bicyclic) bond motifs is 1. The maximum Gasteiger partial charge on any atom is 0.143 e. The first kappa shape index (κ1) is 11.7. The summed E-state index contributed by atoms with van der Waals surface area (Å²) < 4.78 is 0. The first-order chi connectivity index (χ1) is 9.04. The van der Waals surface area contributed by atoms with Crippen molar-refractivity contribution in [3.63, 3.8) is 0 Å². The van der Waals surface area contributed by atoms with Gasteiger partial charge >= 0.3 is 0 Å². The molecule has 4 nitrogen and oxygen atoms in total. The van der Waals surface area contributed by atoms with Crippen molar-refractivity contribution in [2.24, 2.45) is 0 Å². The summed E-state index contributed by atoms with van der Waals surface area (Å²) >= 11 is 0. The smallest absolute Gasteiger partial charge is 0.143 e. The second kappa shape index (κ2) is 4.09. The molecule has 0 saturated carbocycles. The molecule has 0 unspecified atom stereocenters. The van der Waals surface area contributed by atoms with Gasteiger partial charge in [-0.1, -0.05) is 6.07 Å². The molecule has 96 valence electrons. The quantitative estimate of drug-likeness (QED) is 0.725. The first-order valence-electron chi connectivity index (χ1n) is 6.19. The highest BCUT2D eigenvalue weighted by Crippen LogP contribution is 2.23. The highest BCUT2D eigenvalue weighted by molar-refractivity contribution is 5.76. The lowest BCUT2D eigenvalue weighted by molar-refractivity contribution is 0.467. The van der Waals surface area contributed by atoms with E-state index in [1.54, 1.807) is 6.07 Å². The molecule has 1 heterocycles. The Kier molecular flexibility index (Phi) is 2.52. The lowest BCUT2D eigenvalue weighted by atomic mass is 10.1. The maximum atomic E-state index is 9.92. The highest BCUT2D eigenvalue weighted by atomic mass is 16.3. The highest BCUT2D eigenvalue weighted by Gasteiger charge is 2.09. The minimum Gasteiger partial charge on any atom is -0.506 e. The standard InChI is InChI=1S/C15H15N3O/c1-9-4-5-15(19)14(6-9)18-16-12-7-10(2)11(3)8-13(12)17-18/h4-8,19H,1-3H3. The Hall–Kier alpha value is -2.36. The van der Waals surface area contributed by atoms with Gasteiger partial charge in [0.25, 0.3) is 0 Å². The van der Waals surface area contributed by atoms with Crippen LogP contribution in [0.3, 0.4) is 0 Å². The van der Waals surface area contributed by atoms with Crippen LogP contribution >= 0.6 is 0 Å². The summed E-state index contributed by atoms with van der Waals surface area (Å²) in [6.07, 6.45) is 0. The van der Waals surface area contributed by atoms with Crippen LogP contribution in [0.4, 0.5) is 0 Å². The molecule has 0 amide bonds. The molecule has 0 atom stereocenters. The zero-order chi connectivity index (χ0) is 13.6. The van der Waals surface area contributed by atoms with Crippen molar-refractivity contribution in [2.45, 2.75) is 20.8 Å². The molecule has 0 aliphatic carbocycles. The lowest BCUT2D eigenvalue weighted by Gasteiger charge is -2.03. The Morgan fingerprint density at radius 2 is 1.47 bits per heavy atom. The van der Waals surface area contributed by atoms with Crippen LogP contribution < -0.4 is 0 Å². The van der Waals surface area contributed by atoms with Gasteiger partial charge in [-0.3, -0.25) is 0 Å². The van der Waals surface area contributed by atoms with Crippen molar-refractivity contribution in [3.8, 4) is 11.4 Å². The van der Waals surface area contributed by atoms with Gasteiger partial charge in [-0.05, 0) is 61.7 Å². The summed E-state index contributed by atoms with van der Waals surface area (Å²) in [5.74, 6) is 0.180. The molecule has 3 rings (SSSR count). The molecule has 1 aromatic heterocycles. The van der Waals surface area contributed by atoms with Gasteiger partial charge in [-0.25, -0.2) is 0 Å². The molecule has 0 bridgehead atoms. The summed E-state index contributed by atoms with van der Waals surface area (Å²) in [6.45, 7) is 6.08. The summed E-state index contributed by atoms with van der Waals surface area (Å²) in [5.41, 5.74) is 5.71. The second-order valence-electron chi connectivity index (χ2n) is 4.91. The molecule has 19 heavy (non-hydrogen) atoms. The predicted octanol–water partition coefficient (Wildman–Crippen LogP) is 3.05. The van der Waals surface area contributed by atoms with Crippen LogP contribution in [0.5, 0.6) is 5.75 Å². The van der Waals surface area contributed by atoms with E-state index in [4.69, 9.17) is 0 Å². The average Bonchev–Trinajstić information content (AvgIpc) is 2.75. The van der Waals surface area contributed by atoms with Gasteiger partial charge in [-0.2, -0.15) is 0 Å². The van der Waals surface area contributed by atoms with Crippen LogP contribution in [0.15, 0.2) is 30.3 Å². The molecule has 3 aromatic rings. The molecule has 1 N–H and O–H groups in total. The van der Waals surface area contributed by atoms with Gasteiger partial charge in [0.05, 0.1) is 0 Å². The van der Waals surface area contributed by atoms with E-state index in [2.05, 4.69) is 24.0 Å². The lowest BCUT2D eigenvalue weighted by Crippen LogP contribution is -1.99. The van der Waals surface area contributed by atoms with Gasteiger partial charge in [0.1, 0.15) is 22.5 Å². The topological polar surface area (TPSA) is 50.9 Å². The van der Waals surface area contributed by atoms with Crippen molar-refractivity contribution >= 4 is 11.0 Å². The number of aromatic hydroxyl groups is 1. The molecule has 0 fully saturated rings. The van der Waals surface area contributed by atoms with E-state index in [-0.39, 0.29) is 5.75 Å². The molecule has 0 spiro atoms. The number of phenolic OH excluding ortho intramolecular Hbond substituents is 1. The van der Waals surface area contributed by atoms with Crippen molar-refractivity contribution in [1.29, 1.82) is 0 Å². The zero-order valence-corrected chi connectivity index (χ0v) is 11.2. The number of aromatic nitrogens is 3. The van der Waals surface area contributed by atoms with Crippen LogP contribution in [0, 0.1) is 20.8 Å². The minimum absolute atomic E-state index is 0.180. The van der Waals surface area contributed by atoms with Crippen LogP contribution in [0.1, 0.15) is 16.7 Å².